The zero-order valence-electron chi connectivity index (χ0n) is 17.7. The number of para-hydroxylation sites is 1. The van der Waals surface area contributed by atoms with E-state index in [2.05, 4.69) is 46.1 Å². The molecule has 2 heterocycles. The number of carbonyl (C=O) groups excluding carboxylic acids is 1. The molecule has 4 aromatic rings. The van der Waals surface area contributed by atoms with Crippen LogP contribution in [0.3, 0.4) is 0 Å². The second kappa shape index (κ2) is 9.22. The van der Waals surface area contributed by atoms with Crippen LogP contribution in [-0.4, -0.2) is 31.4 Å². The first kappa shape index (κ1) is 20.9. The third-order valence-corrected chi connectivity index (χ3v) is 6.10. The standard InChI is InChI=1S/C24H25N5OS/c1-4-13-29-22(14-20-17(3)25-21-8-6-5-7-19(20)21)27-28-24(29)31-15-23(30)26-18-11-9-16(2)10-12-18/h4-12,25H,1,13-15H2,2-3H3,(H,26,30). The number of hydrogen-bond acceptors (Lipinski definition) is 4. The summed E-state index contributed by atoms with van der Waals surface area (Å²) < 4.78 is 2.03. The fraction of sp³-hybridized carbons (Fsp3) is 0.208. The van der Waals surface area contributed by atoms with E-state index in [1.165, 1.54) is 22.7 Å². The molecule has 31 heavy (non-hydrogen) atoms. The van der Waals surface area contributed by atoms with Crippen LogP contribution >= 0.6 is 11.8 Å². The van der Waals surface area contributed by atoms with Gasteiger partial charge in [0.25, 0.3) is 0 Å². The summed E-state index contributed by atoms with van der Waals surface area (Å²) in [5.74, 6) is 1.04. The van der Waals surface area contributed by atoms with Gasteiger partial charge in [-0.1, -0.05) is 53.7 Å². The second-order valence-electron chi connectivity index (χ2n) is 7.45. The van der Waals surface area contributed by atoms with Crippen molar-refractivity contribution in [3.8, 4) is 0 Å². The third kappa shape index (κ3) is 4.72. The van der Waals surface area contributed by atoms with Crippen LogP contribution < -0.4 is 5.32 Å². The molecular weight excluding hydrogens is 406 g/mol. The quantitative estimate of drug-likeness (QED) is 0.308. The number of benzene rings is 2. The molecule has 2 aromatic carbocycles. The van der Waals surface area contributed by atoms with Gasteiger partial charge in [-0.25, -0.2) is 0 Å². The number of thioether (sulfide) groups is 1. The van der Waals surface area contributed by atoms with E-state index >= 15 is 0 Å². The maximum atomic E-state index is 12.4. The van der Waals surface area contributed by atoms with Crippen LogP contribution in [0.1, 0.15) is 22.6 Å². The number of hydrogen-bond donors (Lipinski definition) is 2. The maximum absolute atomic E-state index is 12.4. The number of rotatable bonds is 8. The number of amides is 1. The van der Waals surface area contributed by atoms with Gasteiger partial charge < -0.3 is 14.9 Å². The summed E-state index contributed by atoms with van der Waals surface area (Å²) in [7, 11) is 0. The van der Waals surface area contributed by atoms with Crippen molar-refractivity contribution in [3.05, 3.63) is 83.8 Å². The summed E-state index contributed by atoms with van der Waals surface area (Å²) >= 11 is 1.38. The molecule has 6 nitrogen and oxygen atoms in total. The van der Waals surface area contributed by atoms with Gasteiger partial charge in [0, 0.05) is 35.2 Å². The Balaban J connectivity index is 1.49. The minimum Gasteiger partial charge on any atom is -0.358 e. The lowest BCUT2D eigenvalue weighted by molar-refractivity contribution is -0.113. The Bertz CT molecular complexity index is 1220. The summed E-state index contributed by atoms with van der Waals surface area (Å²) in [4.78, 5) is 15.8. The lowest BCUT2D eigenvalue weighted by Crippen LogP contribution is -2.14. The smallest absolute Gasteiger partial charge is 0.234 e. The number of anilines is 1. The molecule has 0 fully saturated rings. The molecule has 0 aliphatic rings. The number of H-pyrrole nitrogens is 1. The Labute approximate surface area is 185 Å². The lowest BCUT2D eigenvalue weighted by Gasteiger charge is -2.09. The highest BCUT2D eigenvalue weighted by molar-refractivity contribution is 7.99. The van der Waals surface area contributed by atoms with Gasteiger partial charge in [-0.05, 0) is 37.6 Å². The fourth-order valence-corrected chi connectivity index (χ4v) is 4.32. The Morgan fingerprint density at radius 2 is 1.94 bits per heavy atom. The van der Waals surface area contributed by atoms with E-state index in [9.17, 15) is 4.79 Å². The summed E-state index contributed by atoms with van der Waals surface area (Å²) in [6.07, 6.45) is 2.48. The highest BCUT2D eigenvalue weighted by Gasteiger charge is 2.17. The van der Waals surface area contributed by atoms with E-state index in [1.807, 2.05) is 54.0 Å². The molecule has 158 valence electrons. The zero-order valence-corrected chi connectivity index (χ0v) is 18.5. The average Bonchev–Trinajstić information content (AvgIpc) is 3.29. The molecule has 1 amide bonds. The molecule has 0 bridgehead atoms. The molecule has 0 saturated heterocycles. The van der Waals surface area contributed by atoms with E-state index in [0.717, 1.165) is 28.3 Å². The van der Waals surface area contributed by atoms with Crippen molar-refractivity contribution in [1.82, 2.24) is 19.7 Å². The Hall–Kier alpha value is -3.32. The molecule has 0 radical (unpaired) electrons. The zero-order chi connectivity index (χ0) is 21.8. The van der Waals surface area contributed by atoms with E-state index in [4.69, 9.17) is 0 Å². The van der Waals surface area contributed by atoms with Crippen molar-refractivity contribution in [1.29, 1.82) is 0 Å². The number of nitrogens with zero attached hydrogens (tertiary/aromatic N) is 3. The number of fused-ring (bicyclic) bond motifs is 1. The second-order valence-corrected chi connectivity index (χ2v) is 8.39. The number of carbonyl (C=O) groups is 1. The molecule has 2 N–H and O–H groups in total. The topological polar surface area (TPSA) is 75.6 Å². The van der Waals surface area contributed by atoms with Crippen LogP contribution in [0.5, 0.6) is 0 Å². The first-order chi connectivity index (χ1) is 15.0. The average molecular weight is 432 g/mol. The first-order valence-electron chi connectivity index (χ1n) is 10.1. The number of nitrogens with one attached hydrogen (secondary N) is 2. The van der Waals surface area contributed by atoms with Crippen molar-refractivity contribution in [2.75, 3.05) is 11.1 Å². The predicted octanol–water partition coefficient (Wildman–Crippen LogP) is 4.88. The number of aromatic nitrogens is 4. The van der Waals surface area contributed by atoms with E-state index < -0.39 is 0 Å². The van der Waals surface area contributed by atoms with Crippen LogP contribution in [0.4, 0.5) is 5.69 Å². The highest BCUT2D eigenvalue weighted by atomic mass is 32.2. The monoisotopic (exact) mass is 431 g/mol. The maximum Gasteiger partial charge on any atom is 0.234 e. The number of aromatic amines is 1. The minimum absolute atomic E-state index is 0.0731. The molecule has 0 atom stereocenters. The van der Waals surface area contributed by atoms with E-state index in [-0.39, 0.29) is 11.7 Å². The van der Waals surface area contributed by atoms with Crippen LogP contribution in [0.2, 0.25) is 0 Å². The molecule has 0 unspecified atom stereocenters. The number of allylic oxidation sites excluding steroid dienone is 1. The molecule has 0 aliphatic heterocycles. The van der Waals surface area contributed by atoms with Crippen LogP contribution in [0.15, 0.2) is 66.3 Å². The van der Waals surface area contributed by atoms with Gasteiger partial charge in [0.05, 0.1) is 5.75 Å². The molecule has 0 aliphatic carbocycles. The molecule has 0 saturated carbocycles. The van der Waals surface area contributed by atoms with Crippen molar-refractivity contribution in [2.24, 2.45) is 0 Å². The largest absolute Gasteiger partial charge is 0.358 e. The van der Waals surface area contributed by atoms with Crippen LogP contribution in [-0.2, 0) is 17.8 Å². The van der Waals surface area contributed by atoms with Crippen LogP contribution in [0.25, 0.3) is 10.9 Å². The molecular formula is C24H25N5OS. The van der Waals surface area contributed by atoms with E-state index in [1.54, 1.807) is 0 Å². The Kier molecular flexibility index (Phi) is 6.23. The third-order valence-electron chi connectivity index (χ3n) is 5.13. The van der Waals surface area contributed by atoms with Gasteiger partial charge in [0.2, 0.25) is 5.91 Å². The Morgan fingerprint density at radius 3 is 2.71 bits per heavy atom. The molecule has 2 aromatic heterocycles. The van der Waals surface area contributed by atoms with Crippen molar-refractivity contribution >= 4 is 34.3 Å². The van der Waals surface area contributed by atoms with Gasteiger partial charge in [0.1, 0.15) is 5.82 Å². The summed E-state index contributed by atoms with van der Waals surface area (Å²) in [5.41, 5.74) is 5.40. The highest BCUT2D eigenvalue weighted by Crippen LogP contribution is 2.26. The van der Waals surface area contributed by atoms with Crippen molar-refractivity contribution in [3.63, 3.8) is 0 Å². The van der Waals surface area contributed by atoms with Gasteiger partial charge >= 0.3 is 0 Å². The molecule has 7 heteroatoms. The SMILES string of the molecule is C=CCn1c(Cc2c(C)[nH]c3ccccc23)nnc1SCC(=O)Nc1ccc(C)cc1. The summed E-state index contributed by atoms with van der Waals surface area (Å²) in [5, 5.41) is 13.6. The van der Waals surface area contributed by atoms with Gasteiger partial charge in [0.15, 0.2) is 5.16 Å². The first-order valence-corrected chi connectivity index (χ1v) is 11.1. The van der Waals surface area contributed by atoms with Crippen molar-refractivity contribution < 1.29 is 4.79 Å². The summed E-state index contributed by atoms with van der Waals surface area (Å²) in [6, 6.07) is 16.0. The fourth-order valence-electron chi connectivity index (χ4n) is 3.55. The minimum atomic E-state index is -0.0731. The van der Waals surface area contributed by atoms with Gasteiger partial charge in [-0.15, -0.1) is 16.8 Å². The predicted molar refractivity (Wildman–Crippen MR) is 127 cm³/mol. The molecule has 0 spiro atoms. The van der Waals surface area contributed by atoms with Crippen LogP contribution in [0, 0.1) is 13.8 Å². The molecule has 4 rings (SSSR count). The normalized spacial score (nSPS) is 11.0. The Morgan fingerprint density at radius 1 is 1.16 bits per heavy atom. The van der Waals surface area contributed by atoms with Gasteiger partial charge in [-0.3, -0.25) is 4.79 Å². The van der Waals surface area contributed by atoms with Crippen molar-refractivity contribution in [2.45, 2.75) is 32.0 Å². The van der Waals surface area contributed by atoms with Gasteiger partial charge in [-0.2, -0.15) is 0 Å². The summed E-state index contributed by atoms with van der Waals surface area (Å²) in [6.45, 7) is 8.55. The lowest BCUT2D eigenvalue weighted by atomic mass is 10.1. The number of aryl methyl sites for hydroxylation is 2. The van der Waals surface area contributed by atoms with E-state index in [0.29, 0.717) is 18.1 Å².